The van der Waals surface area contributed by atoms with Crippen LogP contribution in [0, 0.1) is 6.92 Å². The summed E-state index contributed by atoms with van der Waals surface area (Å²) in [6, 6.07) is 6.06. The SMILES string of the molecule is COCCC(=O)OS(=O)(=O)c1ccc(C)cc1.[H-].[Li+]. The van der Waals surface area contributed by atoms with Crippen LogP contribution in [-0.2, 0) is 23.8 Å². The Labute approximate surface area is 120 Å². The monoisotopic (exact) mass is 266 g/mol. The topological polar surface area (TPSA) is 69.7 Å². The van der Waals surface area contributed by atoms with Crippen LogP contribution < -0.4 is 18.9 Å². The number of benzene rings is 1. The summed E-state index contributed by atoms with van der Waals surface area (Å²) < 4.78 is 32.3. The first-order valence-corrected chi connectivity index (χ1v) is 6.39. The van der Waals surface area contributed by atoms with Gasteiger partial charge >= 0.3 is 34.9 Å². The molecular weight excluding hydrogens is 251 g/mol. The molecule has 0 bridgehead atoms. The van der Waals surface area contributed by atoms with Crippen LogP contribution in [0.5, 0.6) is 0 Å². The van der Waals surface area contributed by atoms with Crippen molar-refractivity contribution in [2.24, 2.45) is 0 Å². The van der Waals surface area contributed by atoms with E-state index in [0.717, 1.165) is 5.56 Å². The molecule has 0 heterocycles. The quantitative estimate of drug-likeness (QED) is 0.473. The van der Waals surface area contributed by atoms with Gasteiger partial charge in [-0.25, -0.2) is 0 Å². The smallest absolute Gasteiger partial charge is 1.00 e. The standard InChI is InChI=1S/C11H14O5S.Li.H/c1-9-3-5-10(6-4-9)17(13,14)16-11(12)7-8-15-2;;/h3-6H,7-8H2,1-2H3;;/q;+1;-1. The Morgan fingerprint density at radius 3 is 2.33 bits per heavy atom. The first-order chi connectivity index (χ1) is 7.95. The van der Waals surface area contributed by atoms with Gasteiger partial charge in [-0.05, 0) is 19.1 Å². The van der Waals surface area contributed by atoms with Crippen molar-refractivity contribution in [3.63, 3.8) is 0 Å². The van der Waals surface area contributed by atoms with Crippen molar-refractivity contribution in [3.8, 4) is 0 Å². The van der Waals surface area contributed by atoms with Crippen molar-refractivity contribution >= 4 is 16.1 Å². The van der Waals surface area contributed by atoms with E-state index in [1.165, 1.54) is 19.2 Å². The van der Waals surface area contributed by atoms with Gasteiger partial charge in [0.25, 0.3) is 0 Å². The van der Waals surface area contributed by atoms with Crippen molar-refractivity contribution in [3.05, 3.63) is 29.8 Å². The predicted molar refractivity (Wildman–Crippen MR) is 62.1 cm³/mol. The van der Waals surface area contributed by atoms with Gasteiger partial charge in [0.1, 0.15) is 4.90 Å². The van der Waals surface area contributed by atoms with Gasteiger partial charge in [0, 0.05) is 7.11 Å². The van der Waals surface area contributed by atoms with Crippen molar-refractivity contribution in [1.82, 2.24) is 0 Å². The molecule has 0 saturated heterocycles. The van der Waals surface area contributed by atoms with Crippen molar-refractivity contribution in [1.29, 1.82) is 0 Å². The summed E-state index contributed by atoms with van der Waals surface area (Å²) in [4.78, 5) is 11.1. The van der Waals surface area contributed by atoms with E-state index >= 15 is 0 Å². The molecule has 5 nitrogen and oxygen atoms in total. The summed E-state index contributed by atoms with van der Waals surface area (Å²) in [6.45, 7) is 1.96. The summed E-state index contributed by atoms with van der Waals surface area (Å²) in [7, 11) is -2.59. The molecule has 1 rings (SSSR count). The Morgan fingerprint density at radius 2 is 1.83 bits per heavy atom. The summed E-state index contributed by atoms with van der Waals surface area (Å²) in [5, 5.41) is 0. The van der Waals surface area contributed by atoms with Crippen molar-refractivity contribution in [2.75, 3.05) is 13.7 Å². The molecule has 0 atom stereocenters. The van der Waals surface area contributed by atoms with E-state index in [1.54, 1.807) is 12.1 Å². The third-order valence-electron chi connectivity index (χ3n) is 2.02. The fourth-order valence-corrected chi connectivity index (χ4v) is 2.00. The molecule has 0 aliphatic carbocycles. The predicted octanol–water partition coefficient (Wildman–Crippen LogP) is -1.62. The van der Waals surface area contributed by atoms with Crippen LogP contribution in [0.15, 0.2) is 29.2 Å². The summed E-state index contributed by atoms with van der Waals surface area (Å²) in [6.07, 6.45) is -0.0956. The molecule has 96 valence electrons. The van der Waals surface area contributed by atoms with E-state index in [9.17, 15) is 13.2 Å². The number of carbonyl (C=O) groups is 1. The second-order valence-electron chi connectivity index (χ2n) is 3.47. The number of aryl methyl sites for hydroxylation is 1. The van der Waals surface area contributed by atoms with Crippen LogP contribution in [0.1, 0.15) is 13.4 Å². The number of hydrogen-bond donors (Lipinski definition) is 0. The molecule has 0 amide bonds. The van der Waals surface area contributed by atoms with E-state index < -0.39 is 16.1 Å². The average molecular weight is 266 g/mol. The molecule has 0 fully saturated rings. The molecule has 0 radical (unpaired) electrons. The van der Waals surface area contributed by atoms with Gasteiger partial charge in [0.05, 0.1) is 13.0 Å². The van der Waals surface area contributed by atoms with Crippen LogP contribution in [0.2, 0.25) is 0 Å². The van der Waals surface area contributed by atoms with E-state index in [1.807, 2.05) is 6.92 Å². The number of rotatable bonds is 5. The summed E-state index contributed by atoms with van der Waals surface area (Å²) >= 11 is 0. The second kappa shape index (κ2) is 7.59. The molecule has 0 unspecified atom stereocenters. The molecule has 0 aromatic heterocycles. The molecule has 1 aromatic rings. The third kappa shape index (κ3) is 5.23. The molecular formula is C11H15LiO5S. The third-order valence-corrected chi connectivity index (χ3v) is 3.28. The zero-order chi connectivity index (χ0) is 12.9. The maximum absolute atomic E-state index is 11.6. The number of methoxy groups -OCH3 is 1. The first kappa shape index (κ1) is 17.2. The van der Waals surface area contributed by atoms with Crippen LogP contribution in [-0.4, -0.2) is 28.1 Å². The molecule has 18 heavy (non-hydrogen) atoms. The van der Waals surface area contributed by atoms with Gasteiger partial charge in [-0.1, -0.05) is 17.7 Å². The van der Waals surface area contributed by atoms with E-state index in [4.69, 9.17) is 0 Å². The minimum absolute atomic E-state index is 0. The second-order valence-corrected chi connectivity index (χ2v) is 5.01. The van der Waals surface area contributed by atoms with Gasteiger partial charge in [-0.3, -0.25) is 4.79 Å². The Balaban J connectivity index is 0. The van der Waals surface area contributed by atoms with Gasteiger partial charge in [-0.15, -0.1) is 0 Å². The molecule has 0 aliphatic heterocycles. The Morgan fingerprint density at radius 1 is 1.28 bits per heavy atom. The fraction of sp³-hybridized carbons (Fsp3) is 0.364. The molecule has 0 spiro atoms. The van der Waals surface area contributed by atoms with E-state index in [-0.39, 0.29) is 38.2 Å². The average Bonchev–Trinajstić information content (AvgIpc) is 2.26. The van der Waals surface area contributed by atoms with Gasteiger partial charge in [-0.2, -0.15) is 8.42 Å². The molecule has 0 N–H and O–H groups in total. The van der Waals surface area contributed by atoms with Crippen LogP contribution in [0.4, 0.5) is 0 Å². The van der Waals surface area contributed by atoms with Crippen LogP contribution in [0.25, 0.3) is 0 Å². The molecule has 7 heteroatoms. The minimum Gasteiger partial charge on any atom is -1.00 e. The minimum atomic E-state index is -4.01. The van der Waals surface area contributed by atoms with Crippen molar-refractivity contribution < 1.29 is 42.4 Å². The van der Waals surface area contributed by atoms with Gasteiger partial charge < -0.3 is 10.3 Å². The zero-order valence-corrected chi connectivity index (χ0v) is 11.5. The van der Waals surface area contributed by atoms with Crippen LogP contribution in [0.3, 0.4) is 0 Å². The summed E-state index contributed by atoms with van der Waals surface area (Å²) in [5.74, 6) is -0.826. The maximum atomic E-state index is 11.6. The van der Waals surface area contributed by atoms with Gasteiger partial charge in [0.15, 0.2) is 0 Å². The largest absolute Gasteiger partial charge is 1.00 e. The number of carbonyl (C=O) groups excluding carboxylic acids is 1. The maximum Gasteiger partial charge on any atom is 1.00 e. The summed E-state index contributed by atoms with van der Waals surface area (Å²) in [5.41, 5.74) is 0.926. The first-order valence-electron chi connectivity index (χ1n) is 4.98. The van der Waals surface area contributed by atoms with Gasteiger partial charge in [0.2, 0.25) is 0 Å². The van der Waals surface area contributed by atoms with Crippen LogP contribution >= 0.6 is 0 Å². The molecule has 1 aromatic carbocycles. The fourth-order valence-electron chi connectivity index (χ4n) is 1.10. The Bertz CT molecular complexity index is 486. The number of hydrogen-bond acceptors (Lipinski definition) is 5. The Hall–Kier alpha value is -0.803. The number of ether oxygens (including phenoxy) is 1. The van der Waals surface area contributed by atoms with E-state index in [2.05, 4.69) is 8.92 Å². The zero-order valence-electron chi connectivity index (χ0n) is 11.7. The normalized spacial score (nSPS) is 10.6. The molecule has 0 saturated carbocycles. The van der Waals surface area contributed by atoms with Crippen molar-refractivity contribution in [2.45, 2.75) is 18.2 Å². The Kier molecular flexibility index (Phi) is 7.25. The van der Waals surface area contributed by atoms with E-state index in [0.29, 0.717) is 0 Å². The molecule has 0 aliphatic rings.